The van der Waals surface area contributed by atoms with Crippen LogP contribution in [0.4, 0.5) is 4.39 Å². The third-order valence-corrected chi connectivity index (χ3v) is 4.62. The molecule has 1 saturated heterocycles. The number of nitrogens with one attached hydrogen (secondary N) is 1. The number of likely N-dealkylation sites (tertiary alicyclic amines) is 1. The van der Waals surface area contributed by atoms with Crippen LogP contribution in [-0.2, 0) is 16.8 Å². The average molecular weight is 336 g/mol. The maximum atomic E-state index is 13.9. The molecule has 0 radical (unpaired) electrons. The van der Waals surface area contributed by atoms with Crippen LogP contribution in [0, 0.1) is 5.82 Å². The molecule has 1 atom stereocenters. The van der Waals surface area contributed by atoms with Crippen molar-refractivity contribution in [3.63, 3.8) is 0 Å². The third-order valence-electron chi connectivity index (χ3n) is 3.69. The van der Waals surface area contributed by atoms with Crippen LogP contribution in [-0.4, -0.2) is 32.4 Å². The minimum atomic E-state index is -3.71. The highest BCUT2D eigenvalue weighted by Crippen LogP contribution is 2.25. The Morgan fingerprint density at radius 1 is 1.43 bits per heavy atom. The predicted molar refractivity (Wildman–Crippen MR) is 80.6 cm³/mol. The van der Waals surface area contributed by atoms with Gasteiger partial charge in [-0.05, 0) is 31.5 Å². The van der Waals surface area contributed by atoms with Gasteiger partial charge in [-0.1, -0.05) is 24.1 Å². The maximum absolute atomic E-state index is 13.9. The number of hydrogen-bond acceptors (Lipinski definition) is 3. The number of hydrogen-bond donors (Lipinski definition) is 2. The largest absolute Gasteiger partial charge is 0.295 e. The molecule has 0 spiro atoms. The fourth-order valence-corrected chi connectivity index (χ4v) is 3.25. The Balaban J connectivity index is 2.08. The van der Waals surface area contributed by atoms with E-state index in [1.807, 2.05) is 4.90 Å². The summed E-state index contributed by atoms with van der Waals surface area (Å²) < 4.78 is 38.2. The lowest BCUT2D eigenvalue weighted by Crippen LogP contribution is -2.47. The van der Waals surface area contributed by atoms with Crippen molar-refractivity contribution in [2.45, 2.75) is 31.8 Å². The van der Waals surface area contributed by atoms with Gasteiger partial charge in [-0.25, -0.2) is 14.3 Å². The van der Waals surface area contributed by atoms with Crippen molar-refractivity contribution in [1.29, 1.82) is 0 Å². The molecular formula is C13H19ClFN3O2S. The van der Waals surface area contributed by atoms with Crippen LogP contribution < -0.4 is 9.86 Å². The van der Waals surface area contributed by atoms with E-state index in [4.69, 9.17) is 16.7 Å². The smallest absolute Gasteiger partial charge is 0.274 e. The van der Waals surface area contributed by atoms with Gasteiger partial charge in [0.2, 0.25) is 0 Å². The molecule has 0 aromatic heterocycles. The summed E-state index contributed by atoms with van der Waals surface area (Å²) in [5.41, 5.74) is 0.446. The molecule has 0 saturated carbocycles. The second-order valence-corrected chi connectivity index (χ2v) is 7.00. The van der Waals surface area contributed by atoms with E-state index in [9.17, 15) is 12.8 Å². The molecule has 1 fully saturated rings. The zero-order chi connectivity index (χ0) is 15.5. The van der Waals surface area contributed by atoms with Crippen molar-refractivity contribution < 1.29 is 12.8 Å². The molecule has 1 aliphatic rings. The maximum Gasteiger partial charge on any atom is 0.274 e. The molecule has 1 heterocycles. The molecule has 0 aliphatic carbocycles. The summed E-state index contributed by atoms with van der Waals surface area (Å²) in [5, 5.41) is 5.35. The standard InChI is InChI=1S/C13H19ClFN3O2S/c14-12-5-3-6-13(15)11(12)9-18-7-2-1-4-10(18)8-17-21(16,19)20/h3,5-6,10,17H,1-2,4,7-9H2,(H2,16,19,20)/t10-/m1/s1. The van der Waals surface area contributed by atoms with Crippen LogP contribution in [0.2, 0.25) is 5.02 Å². The Morgan fingerprint density at radius 2 is 2.19 bits per heavy atom. The highest BCUT2D eigenvalue weighted by Gasteiger charge is 2.24. The lowest BCUT2D eigenvalue weighted by molar-refractivity contribution is 0.140. The summed E-state index contributed by atoms with van der Waals surface area (Å²) in [6, 6.07) is 4.59. The number of nitrogens with two attached hydrogens (primary N) is 1. The van der Waals surface area contributed by atoms with Crippen molar-refractivity contribution in [2.75, 3.05) is 13.1 Å². The Morgan fingerprint density at radius 3 is 2.86 bits per heavy atom. The minimum absolute atomic E-state index is 0.00672. The molecule has 0 unspecified atom stereocenters. The summed E-state index contributed by atoms with van der Waals surface area (Å²) in [5.74, 6) is -0.341. The van der Waals surface area contributed by atoms with Gasteiger partial charge in [0.15, 0.2) is 0 Å². The van der Waals surface area contributed by atoms with Crippen LogP contribution in [0.25, 0.3) is 0 Å². The molecule has 21 heavy (non-hydrogen) atoms. The molecule has 1 aliphatic heterocycles. The summed E-state index contributed by atoms with van der Waals surface area (Å²) in [6.45, 7) is 1.37. The summed E-state index contributed by atoms with van der Waals surface area (Å²) >= 11 is 6.05. The van der Waals surface area contributed by atoms with Crippen molar-refractivity contribution in [3.05, 3.63) is 34.6 Å². The number of halogens is 2. The monoisotopic (exact) mass is 335 g/mol. The van der Waals surface area contributed by atoms with Gasteiger partial charge < -0.3 is 0 Å². The highest BCUT2D eigenvalue weighted by molar-refractivity contribution is 7.87. The van der Waals surface area contributed by atoms with E-state index >= 15 is 0 Å². The van der Waals surface area contributed by atoms with Crippen molar-refractivity contribution >= 4 is 21.8 Å². The highest BCUT2D eigenvalue weighted by atomic mass is 35.5. The van der Waals surface area contributed by atoms with Gasteiger partial charge in [-0.15, -0.1) is 0 Å². The first-order valence-corrected chi connectivity index (χ1v) is 8.73. The van der Waals surface area contributed by atoms with E-state index in [-0.39, 0.29) is 18.4 Å². The Labute approximate surface area is 129 Å². The Hall–Kier alpha value is -0.730. The molecular weight excluding hydrogens is 317 g/mol. The minimum Gasteiger partial charge on any atom is -0.295 e. The van der Waals surface area contributed by atoms with E-state index in [1.54, 1.807) is 12.1 Å². The fraction of sp³-hybridized carbons (Fsp3) is 0.538. The zero-order valence-corrected chi connectivity index (χ0v) is 13.1. The first kappa shape index (κ1) is 16.6. The number of nitrogens with zero attached hydrogens (tertiary/aromatic N) is 1. The van der Waals surface area contributed by atoms with E-state index in [1.165, 1.54) is 6.07 Å². The van der Waals surface area contributed by atoms with Gasteiger partial charge in [0.1, 0.15) is 5.82 Å². The molecule has 118 valence electrons. The number of benzene rings is 1. The molecule has 1 aromatic rings. The Bertz CT molecular complexity index is 577. The van der Waals surface area contributed by atoms with E-state index in [2.05, 4.69) is 4.72 Å². The van der Waals surface area contributed by atoms with Crippen LogP contribution in [0.15, 0.2) is 18.2 Å². The Kier molecular flexibility index (Phi) is 5.56. The average Bonchev–Trinajstić information content (AvgIpc) is 2.41. The van der Waals surface area contributed by atoms with E-state index in [0.717, 1.165) is 25.8 Å². The lowest BCUT2D eigenvalue weighted by Gasteiger charge is -2.35. The fourth-order valence-electron chi connectivity index (χ4n) is 2.60. The van der Waals surface area contributed by atoms with E-state index < -0.39 is 10.2 Å². The van der Waals surface area contributed by atoms with Crippen molar-refractivity contribution in [3.8, 4) is 0 Å². The molecule has 1 aromatic carbocycles. The van der Waals surface area contributed by atoms with Crippen molar-refractivity contribution in [2.24, 2.45) is 5.14 Å². The summed E-state index contributed by atoms with van der Waals surface area (Å²) in [4.78, 5) is 2.05. The van der Waals surface area contributed by atoms with Crippen LogP contribution in [0.5, 0.6) is 0 Å². The second kappa shape index (κ2) is 7.02. The molecule has 0 bridgehead atoms. The van der Waals surface area contributed by atoms with E-state index in [0.29, 0.717) is 17.1 Å². The van der Waals surface area contributed by atoms with Crippen LogP contribution >= 0.6 is 11.6 Å². The van der Waals surface area contributed by atoms with Gasteiger partial charge in [0, 0.05) is 29.7 Å². The summed E-state index contributed by atoms with van der Waals surface area (Å²) in [7, 11) is -3.71. The number of rotatable bonds is 5. The third kappa shape index (κ3) is 4.89. The van der Waals surface area contributed by atoms with Gasteiger partial charge in [0.25, 0.3) is 10.2 Å². The normalized spacial score (nSPS) is 20.6. The topological polar surface area (TPSA) is 75.4 Å². The lowest BCUT2D eigenvalue weighted by atomic mass is 10.0. The van der Waals surface area contributed by atoms with Crippen LogP contribution in [0.1, 0.15) is 24.8 Å². The number of piperidine rings is 1. The van der Waals surface area contributed by atoms with Gasteiger partial charge in [-0.3, -0.25) is 4.90 Å². The summed E-state index contributed by atoms with van der Waals surface area (Å²) in [6.07, 6.45) is 2.85. The SMILES string of the molecule is NS(=O)(=O)NC[C@H]1CCCCN1Cc1c(F)cccc1Cl. The zero-order valence-electron chi connectivity index (χ0n) is 11.6. The van der Waals surface area contributed by atoms with Gasteiger partial charge >= 0.3 is 0 Å². The first-order chi connectivity index (χ1) is 9.87. The first-order valence-electron chi connectivity index (χ1n) is 6.81. The molecule has 0 amide bonds. The molecule has 8 heteroatoms. The molecule has 2 rings (SSSR count). The van der Waals surface area contributed by atoms with Crippen LogP contribution in [0.3, 0.4) is 0 Å². The molecule has 3 N–H and O–H groups in total. The van der Waals surface area contributed by atoms with Gasteiger partial charge in [-0.2, -0.15) is 8.42 Å². The van der Waals surface area contributed by atoms with Gasteiger partial charge in [0.05, 0.1) is 0 Å². The molecule has 5 nitrogen and oxygen atoms in total. The van der Waals surface area contributed by atoms with Crippen molar-refractivity contribution in [1.82, 2.24) is 9.62 Å². The predicted octanol–water partition coefficient (Wildman–Crippen LogP) is 1.63. The second-order valence-electron chi connectivity index (χ2n) is 5.21. The quantitative estimate of drug-likeness (QED) is 0.858.